The van der Waals surface area contributed by atoms with Crippen LogP contribution < -0.4 is 19.9 Å². The van der Waals surface area contributed by atoms with Gasteiger partial charge >= 0.3 is 0 Å². The monoisotopic (exact) mass is 518 g/mol. The van der Waals surface area contributed by atoms with E-state index in [2.05, 4.69) is 47.2 Å². The Labute approximate surface area is 227 Å². The van der Waals surface area contributed by atoms with Gasteiger partial charge in [-0.2, -0.15) is 0 Å². The Hall–Kier alpha value is -2.77. The molecule has 1 amide bonds. The Bertz CT molecular complexity index is 1160. The van der Waals surface area contributed by atoms with E-state index in [1.54, 1.807) is 0 Å². The molecule has 7 heteroatoms. The number of benzene rings is 2. The van der Waals surface area contributed by atoms with Gasteiger partial charge in [-0.05, 0) is 79.5 Å². The lowest BCUT2D eigenvalue weighted by atomic mass is 9.98. The van der Waals surface area contributed by atoms with Crippen molar-refractivity contribution in [3.63, 3.8) is 0 Å². The highest BCUT2D eigenvalue weighted by molar-refractivity contribution is 6.08. The van der Waals surface area contributed by atoms with Crippen molar-refractivity contribution >= 4 is 23.0 Å². The van der Waals surface area contributed by atoms with Crippen LogP contribution in [0.2, 0.25) is 0 Å². The first-order valence-electron chi connectivity index (χ1n) is 14.5. The fraction of sp³-hybridized carbons (Fsp3) is 0.581. The van der Waals surface area contributed by atoms with Crippen LogP contribution in [0.1, 0.15) is 49.0 Å². The van der Waals surface area contributed by atoms with Crippen molar-refractivity contribution in [1.82, 2.24) is 4.90 Å². The number of likely N-dealkylation sites (tertiary alicyclic amines) is 1. The Morgan fingerprint density at radius 3 is 2.79 bits per heavy atom. The molecule has 1 N–H and O–H groups in total. The average molecular weight is 519 g/mol. The molecule has 0 bridgehead atoms. The summed E-state index contributed by atoms with van der Waals surface area (Å²) in [6.07, 6.45) is 4.42. The van der Waals surface area contributed by atoms with Crippen LogP contribution in [0.15, 0.2) is 36.4 Å². The number of anilines is 3. The molecule has 0 saturated carbocycles. The van der Waals surface area contributed by atoms with Gasteiger partial charge < -0.3 is 29.5 Å². The molecule has 0 radical (unpaired) electrons. The summed E-state index contributed by atoms with van der Waals surface area (Å²) in [5.41, 5.74) is 5.15. The number of hydrogen-bond donors (Lipinski definition) is 1. The van der Waals surface area contributed by atoms with Crippen LogP contribution in [-0.4, -0.2) is 75.9 Å². The Morgan fingerprint density at radius 1 is 1.11 bits per heavy atom. The summed E-state index contributed by atoms with van der Waals surface area (Å²) in [5, 5.41) is 3.43. The minimum atomic E-state index is 0.0630. The van der Waals surface area contributed by atoms with E-state index in [-0.39, 0.29) is 12.0 Å². The second-order valence-corrected chi connectivity index (χ2v) is 11.8. The van der Waals surface area contributed by atoms with Crippen molar-refractivity contribution in [1.29, 1.82) is 0 Å². The number of carbonyl (C=O) groups is 1. The van der Waals surface area contributed by atoms with Gasteiger partial charge in [0.05, 0.1) is 17.5 Å². The third-order valence-electron chi connectivity index (χ3n) is 8.73. The smallest absolute Gasteiger partial charge is 0.258 e. The third-order valence-corrected chi connectivity index (χ3v) is 8.73. The van der Waals surface area contributed by atoms with E-state index in [0.717, 1.165) is 73.1 Å². The second-order valence-electron chi connectivity index (χ2n) is 11.8. The lowest BCUT2D eigenvalue weighted by Crippen LogP contribution is -2.38. The number of nitrogens with one attached hydrogen (secondary N) is 1. The highest BCUT2D eigenvalue weighted by atomic mass is 16.5. The maximum absolute atomic E-state index is 13.5. The first kappa shape index (κ1) is 25.5. The minimum Gasteiger partial charge on any atom is -0.491 e. The molecular formula is C31H42N4O3. The summed E-state index contributed by atoms with van der Waals surface area (Å²) in [6, 6.07) is 13.0. The van der Waals surface area contributed by atoms with Crippen LogP contribution in [0, 0.1) is 11.8 Å². The first-order chi connectivity index (χ1) is 18.5. The lowest BCUT2D eigenvalue weighted by molar-refractivity contribution is 0.0679. The number of amides is 1. The molecule has 4 heterocycles. The second kappa shape index (κ2) is 10.8. The van der Waals surface area contributed by atoms with E-state index >= 15 is 0 Å². The van der Waals surface area contributed by atoms with Crippen LogP contribution in [0.5, 0.6) is 5.75 Å². The molecule has 2 unspecified atom stereocenters. The maximum Gasteiger partial charge on any atom is 0.258 e. The number of hydrogen-bond acceptors (Lipinski definition) is 6. The number of rotatable bonds is 8. The average Bonchev–Trinajstić information content (AvgIpc) is 3.65. The number of carbonyl (C=O) groups excluding carboxylic acids is 1. The standard InChI is InChI=1S/C31H42N4O3/c1-21(2)17-33-18-23-11-13-35(30(23)19-33)29-9-6-24(16-28(29)32-3)34-12-10-22-15-25(7-8-27(22)31(34)36)38-20-26-5-4-14-37-26/h6-9,15-16,21,23,26,30,32H,4-5,10-14,17-20H2,1-3H3/t23?,26-,30?/m0/s1. The zero-order chi connectivity index (χ0) is 26.2. The van der Waals surface area contributed by atoms with Crippen LogP contribution >= 0.6 is 0 Å². The zero-order valence-electron chi connectivity index (χ0n) is 23.1. The Balaban J connectivity index is 1.16. The fourth-order valence-electron chi connectivity index (χ4n) is 6.92. The molecule has 2 aromatic carbocycles. The van der Waals surface area contributed by atoms with E-state index in [1.165, 1.54) is 25.2 Å². The molecular weight excluding hydrogens is 476 g/mol. The van der Waals surface area contributed by atoms with E-state index in [9.17, 15) is 4.79 Å². The summed E-state index contributed by atoms with van der Waals surface area (Å²) in [5.74, 6) is 2.34. The van der Waals surface area contributed by atoms with Gasteiger partial charge in [-0.15, -0.1) is 0 Å². The zero-order valence-corrected chi connectivity index (χ0v) is 23.1. The lowest BCUT2D eigenvalue weighted by Gasteiger charge is -2.32. The molecule has 6 rings (SSSR count). The quantitative estimate of drug-likeness (QED) is 0.549. The van der Waals surface area contributed by atoms with Gasteiger partial charge in [0.25, 0.3) is 5.91 Å². The van der Waals surface area contributed by atoms with Crippen LogP contribution in [0.4, 0.5) is 17.1 Å². The minimum absolute atomic E-state index is 0.0630. The molecule has 204 valence electrons. The molecule has 3 atom stereocenters. The van der Waals surface area contributed by atoms with Crippen LogP contribution in [0.3, 0.4) is 0 Å². The van der Waals surface area contributed by atoms with Gasteiger partial charge in [-0.1, -0.05) is 13.8 Å². The molecule has 3 saturated heterocycles. The van der Waals surface area contributed by atoms with Crippen molar-refractivity contribution in [2.45, 2.75) is 51.7 Å². The third kappa shape index (κ3) is 4.98. The predicted molar refractivity (Wildman–Crippen MR) is 153 cm³/mol. The van der Waals surface area contributed by atoms with Gasteiger partial charge in [0.1, 0.15) is 12.4 Å². The van der Waals surface area contributed by atoms with E-state index in [0.29, 0.717) is 25.1 Å². The number of fused-ring (bicyclic) bond motifs is 2. The van der Waals surface area contributed by atoms with E-state index < -0.39 is 0 Å². The number of nitrogens with zero attached hydrogens (tertiary/aromatic N) is 3. The van der Waals surface area contributed by atoms with Gasteiger partial charge in [0.15, 0.2) is 0 Å². The normalized spacial score (nSPS) is 25.3. The van der Waals surface area contributed by atoms with E-state index in [1.807, 2.05) is 30.1 Å². The summed E-state index contributed by atoms with van der Waals surface area (Å²) in [6.45, 7) is 11.3. The topological polar surface area (TPSA) is 57.3 Å². The summed E-state index contributed by atoms with van der Waals surface area (Å²) < 4.78 is 11.7. The van der Waals surface area contributed by atoms with Crippen LogP contribution in [-0.2, 0) is 11.2 Å². The maximum atomic E-state index is 13.5. The molecule has 4 aliphatic heterocycles. The molecule has 0 aliphatic carbocycles. The molecule has 7 nitrogen and oxygen atoms in total. The molecule has 2 aromatic rings. The number of ether oxygens (including phenoxy) is 2. The fourth-order valence-corrected chi connectivity index (χ4v) is 6.92. The van der Waals surface area contributed by atoms with Crippen molar-refractivity contribution in [2.75, 3.05) is 68.1 Å². The van der Waals surface area contributed by atoms with Gasteiger partial charge in [0, 0.05) is 63.7 Å². The summed E-state index contributed by atoms with van der Waals surface area (Å²) >= 11 is 0. The molecule has 3 fully saturated rings. The first-order valence-corrected chi connectivity index (χ1v) is 14.5. The van der Waals surface area contributed by atoms with Crippen molar-refractivity contribution < 1.29 is 14.3 Å². The SMILES string of the molecule is CNc1cc(N2CCc3cc(OC[C@@H]4CCCO4)ccc3C2=O)ccc1N1CCC2CN(CC(C)C)CC21. The van der Waals surface area contributed by atoms with Gasteiger partial charge in [0.2, 0.25) is 0 Å². The van der Waals surface area contributed by atoms with Crippen molar-refractivity contribution in [3.8, 4) is 5.75 Å². The molecule has 4 aliphatic rings. The van der Waals surface area contributed by atoms with Crippen molar-refractivity contribution in [3.05, 3.63) is 47.5 Å². The molecule has 0 aromatic heterocycles. The largest absolute Gasteiger partial charge is 0.491 e. The van der Waals surface area contributed by atoms with Crippen molar-refractivity contribution in [2.24, 2.45) is 11.8 Å². The van der Waals surface area contributed by atoms with Gasteiger partial charge in [-0.3, -0.25) is 4.79 Å². The highest BCUT2D eigenvalue weighted by Crippen LogP contribution is 2.40. The van der Waals surface area contributed by atoms with E-state index in [4.69, 9.17) is 9.47 Å². The Kier molecular flexibility index (Phi) is 7.23. The predicted octanol–water partition coefficient (Wildman–Crippen LogP) is 4.66. The highest BCUT2D eigenvalue weighted by Gasteiger charge is 2.42. The summed E-state index contributed by atoms with van der Waals surface area (Å²) in [7, 11) is 1.99. The van der Waals surface area contributed by atoms with Gasteiger partial charge in [-0.25, -0.2) is 0 Å². The Morgan fingerprint density at radius 2 is 2.00 bits per heavy atom. The summed E-state index contributed by atoms with van der Waals surface area (Å²) in [4.78, 5) is 20.7. The molecule has 0 spiro atoms. The van der Waals surface area contributed by atoms with Crippen LogP contribution in [0.25, 0.3) is 0 Å². The molecule has 38 heavy (non-hydrogen) atoms.